The summed E-state index contributed by atoms with van der Waals surface area (Å²) in [5.74, 6) is 2.02. The van der Waals surface area contributed by atoms with E-state index in [2.05, 4.69) is 9.88 Å². The van der Waals surface area contributed by atoms with Gasteiger partial charge in [-0.15, -0.1) is 0 Å². The Morgan fingerprint density at radius 3 is 3.00 bits per heavy atom. The quantitative estimate of drug-likeness (QED) is 0.805. The molecule has 0 spiro atoms. The molecule has 3 heterocycles. The molecule has 1 saturated heterocycles. The molecule has 2 aromatic rings. The molecule has 0 radical (unpaired) electrons. The summed E-state index contributed by atoms with van der Waals surface area (Å²) in [5.41, 5.74) is 2.17. The highest BCUT2D eigenvalue weighted by atomic mass is 32.2. The van der Waals surface area contributed by atoms with Crippen molar-refractivity contribution in [1.82, 2.24) is 14.3 Å². The Kier molecular flexibility index (Phi) is 3.93. The van der Waals surface area contributed by atoms with E-state index in [1.165, 1.54) is 18.6 Å². The normalized spacial score (nSPS) is 16.4. The lowest BCUT2D eigenvalue weighted by Gasteiger charge is -2.24. The van der Waals surface area contributed by atoms with E-state index in [0.717, 1.165) is 25.3 Å². The second-order valence-electron chi connectivity index (χ2n) is 4.77. The Balaban J connectivity index is 1.88. The number of carbonyl (C=O) groups is 1. The number of rotatable bonds is 3. The number of nitrogens with zero attached hydrogens (tertiary/aromatic N) is 3. The number of thioether (sulfide) groups is 1. The minimum atomic E-state index is -0.345. The average molecular weight is 291 g/mol. The zero-order valence-corrected chi connectivity index (χ0v) is 12.2. The van der Waals surface area contributed by atoms with Gasteiger partial charge >= 0.3 is 5.97 Å². The zero-order valence-electron chi connectivity index (χ0n) is 11.4. The first-order valence-corrected chi connectivity index (χ1v) is 7.78. The molecular formula is C14H17N3O2S. The summed E-state index contributed by atoms with van der Waals surface area (Å²) in [6, 6.07) is 3.58. The van der Waals surface area contributed by atoms with Crippen LogP contribution < -0.4 is 0 Å². The largest absolute Gasteiger partial charge is 0.465 e. The molecule has 1 aliphatic heterocycles. The van der Waals surface area contributed by atoms with Crippen molar-refractivity contribution in [1.29, 1.82) is 0 Å². The number of methoxy groups -OCH3 is 1. The van der Waals surface area contributed by atoms with Gasteiger partial charge in [-0.05, 0) is 12.1 Å². The predicted molar refractivity (Wildman–Crippen MR) is 79.1 cm³/mol. The molecule has 3 rings (SSSR count). The van der Waals surface area contributed by atoms with Crippen LogP contribution >= 0.6 is 11.8 Å². The summed E-state index contributed by atoms with van der Waals surface area (Å²) in [5, 5.41) is 0. The molecule has 0 saturated carbocycles. The number of imidazole rings is 1. The summed E-state index contributed by atoms with van der Waals surface area (Å²) in [6.45, 7) is 3.04. The van der Waals surface area contributed by atoms with Crippen molar-refractivity contribution in [3.8, 4) is 0 Å². The Morgan fingerprint density at radius 2 is 2.25 bits per heavy atom. The van der Waals surface area contributed by atoms with Gasteiger partial charge in [0.1, 0.15) is 5.56 Å². The molecule has 0 bridgehead atoms. The first kappa shape index (κ1) is 13.5. The van der Waals surface area contributed by atoms with Crippen molar-refractivity contribution >= 4 is 23.4 Å². The van der Waals surface area contributed by atoms with E-state index >= 15 is 0 Å². The summed E-state index contributed by atoms with van der Waals surface area (Å²) in [4.78, 5) is 18.7. The number of pyridine rings is 1. The Hall–Kier alpha value is -1.53. The van der Waals surface area contributed by atoms with Gasteiger partial charge in [0.25, 0.3) is 0 Å². The van der Waals surface area contributed by atoms with Crippen LogP contribution in [0.2, 0.25) is 0 Å². The molecule has 106 valence electrons. The van der Waals surface area contributed by atoms with E-state index in [4.69, 9.17) is 4.74 Å². The lowest BCUT2D eigenvalue weighted by Crippen LogP contribution is -2.32. The van der Waals surface area contributed by atoms with E-state index in [0.29, 0.717) is 11.2 Å². The third-order valence-electron chi connectivity index (χ3n) is 3.43. The van der Waals surface area contributed by atoms with E-state index in [-0.39, 0.29) is 5.97 Å². The van der Waals surface area contributed by atoms with Gasteiger partial charge in [0.2, 0.25) is 0 Å². The van der Waals surface area contributed by atoms with Gasteiger partial charge in [0, 0.05) is 43.5 Å². The van der Waals surface area contributed by atoms with Crippen molar-refractivity contribution in [2.45, 2.75) is 6.54 Å². The van der Waals surface area contributed by atoms with Crippen molar-refractivity contribution in [2.75, 3.05) is 31.7 Å². The Morgan fingerprint density at radius 1 is 1.45 bits per heavy atom. The number of hydrogen-bond donors (Lipinski definition) is 0. The maximum absolute atomic E-state index is 11.7. The van der Waals surface area contributed by atoms with E-state index < -0.39 is 0 Å². The molecule has 0 unspecified atom stereocenters. The first-order chi connectivity index (χ1) is 9.78. The van der Waals surface area contributed by atoms with Crippen LogP contribution in [0.15, 0.2) is 24.5 Å². The van der Waals surface area contributed by atoms with Crippen LogP contribution in [0, 0.1) is 0 Å². The van der Waals surface area contributed by atoms with E-state index in [1.807, 2.05) is 34.6 Å². The molecule has 5 nitrogen and oxygen atoms in total. The highest BCUT2D eigenvalue weighted by molar-refractivity contribution is 7.99. The monoisotopic (exact) mass is 291 g/mol. The Labute approximate surface area is 121 Å². The van der Waals surface area contributed by atoms with Crippen molar-refractivity contribution in [3.05, 3.63) is 35.8 Å². The minimum absolute atomic E-state index is 0.345. The van der Waals surface area contributed by atoms with Gasteiger partial charge in [-0.2, -0.15) is 11.8 Å². The maximum atomic E-state index is 11.7. The van der Waals surface area contributed by atoms with Crippen LogP contribution in [0.3, 0.4) is 0 Å². The molecule has 0 N–H and O–H groups in total. The van der Waals surface area contributed by atoms with Gasteiger partial charge in [-0.25, -0.2) is 9.78 Å². The van der Waals surface area contributed by atoms with Crippen molar-refractivity contribution in [2.24, 2.45) is 0 Å². The average Bonchev–Trinajstić information content (AvgIpc) is 2.89. The molecular weight excluding hydrogens is 274 g/mol. The number of carbonyl (C=O) groups excluding carboxylic acids is 1. The van der Waals surface area contributed by atoms with E-state index in [9.17, 15) is 4.79 Å². The number of ether oxygens (including phenoxy) is 1. The molecule has 1 aliphatic rings. The summed E-state index contributed by atoms with van der Waals surface area (Å²) in [6.07, 6.45) is 3.90. The predicted octanol–water partition coefficient (Wildman–Crippen LogP) is 1.67. The molecule has 0 amide bonds. The fourth-order valence-electron chi connectivity index (χ4n) is 2.40. The maximum Gasteiger partial charge on any atom is 0.341 e. The molecule has 6 heteroatoms. The minimum Gasteiger partial charge on any atom is -0.465 e. The van der Waals surface area contributed by atoms with Crippen LogP contribution in [0.1, 0.15) is 16.1 Å². The molecule has 2 aromatic heterocycles. The topological polar surface area (TPSA) is 46.8 Å². The third kappa shape index (κ3) is 2.66. The summed E-state index contributed by atoms with van der Waals surface area (Å²) in [7, 11) is 1.39. The smallest absolute Gasteiger partial charge is 0.341 e. The SMILES string of the molecule is COC(=O)c1cccn2cc(CN3CCSCC3)nc12. The molecule has 20 heavy (non-hydrogen) atoms. The third-order valence-corrected chi connectivity index (χ3v) is 4.37. The summed E-state index contributed by atoms with van der Waals surface area (Å²) >= 11 is 2.00. The van der Waals surface area contributed by atoms with Crippen LogP contribution in [-0.4, -0.2) is 52.0 Å². The second-order valence-corrected chi connectivity index (χ2v) is 5.99. The lowest BCUT2D eigenvalue weighted by atomic mass is 10.3. The second kappa shape index (κ2) is 5.85. The molecule has 0 aromatic carbocycles. The lowest BCUT2D eigenvalue weighted by molar-refractivity contribution is 0.0602. The van der Waals surface area contributed by atoms with Gasteiger partial charge in [0.15, 0.2) is 5.65 Å². The van der Waals surface area contributed by atoms with Crippen LogP contribution in [0.4, 0.5) is 0 Å². The van der Waals surface area contributed by atoms with Crippen LogP contribution in [0.25, 0.3) is 5.65 Å². The number of esters is 1. The molecule has 0 aliphatic carbocycles. The number of hydrogen-bond acceptors (Lipinski definition) is 5. The fourth-order valence-corrected chi connectivity index (χ4v) is 3.38. The van der Waals surface area contributed by atoms with Crippen molar-refractivity contribution in [3.63, 3.8) is 0 Å². The number of fused-ring (bicyclic) bond motifs is 1. The standard InChI is InChI=1S/C14H17N3O2S/c1-19-14(18)12-3-2-4-17-10-11(15-13(12)17)9-16-5-7-20-8-6-16/h2-4,10H,5-9H2,1H3. The highest BCUT2D eigenvalue weighted by Gasteiger charge is 2.16. The Bertz CT molecular complexity index is 620. The fraction of sp³-hybridized carbons (Fsp3) is 0.429. The first-order valence-electron chi connectivity index (χ1n) is 6.63. The highest BCUT2D eigenvalue weighted by Crippen LogP contribution is 2.16. The number of aromatic nitrogens is 2. The van der Waals surface area contributed by atoms with Gasteiger partial charge in [0.05, 0.1) is 12.8 Å². The van der Waals surface area contributed by atoms with Crippen LogP contribution in [0.5, 0.6) is 0 Å². The van der Waals surface area contributed by atoms with Gasteiger partial charge in [-0.1, -0.05) is 0 Å². The zero-order chi connectivity index (χ0) is 13.9. The van der Waals surface area contributed by atoms with Gasteiger partial charge in [-0.3, -0.25) is 4.90 Å². The summed E-state index contributed by atoms with van der Waals surface area (Å²) < 4.78 is 6.69. The molecule has 0 atom stereocenters. The van der Waals surface area contributed by atoms with E-state index in [1.54, 1.807) is 6.07 Å². The van der Waals surface area contributed by atoms with Gasteiger partial charge < -0.3 is 9.14 Å². The van der Waals surface area contributed by atoms with Crippen molar-refractivity contribution < 1.29 is 9.53 Å². The molecule has 1 fully saturated rings. The van der Waals surface area contributed by atoms with Crippen LogP contribution in [-0.2, 0) is 11.3 Å².